The number of carboxylic acid groups (broad SMARTS) is 1. The number of carboxylic acids is 1. The number of ether oxygens (including phenoxy) is 1. The highest BCUT2D eigenvalue weighted by atomic mass is 16.5. The molecule has 4 heteroatoms. The van der Waals surface area contributed by atoms with Crippen molar-refractivity contribution in [3.05, 3.63) is 0 Å². The quantitative estimate of drug-likeness (QED) is 0.640. The van der Waals surface area contributed by atoms with Crippen LogP contribution in [0.25, 0.3) is 0 Å². The third-order valence-electron chi connectivity index (χ3n) is 1.85. The summed E-state index contributed by atoms with van der Waals surface area (Å²) in [6.45, 7) is 4.48. The summed E-state index contributed by atoms with van der Waals surface area (Å²) < 4.78 is 4.90. The summed E-state index contributed by atoms with van der Waals surface area (Å²) in [5.41, 5.74) is 0. The Bertz CT molecular complexity index is 189. The van der Waals surface area contributed by atoms with Gasteiger partial charge in [0.15, 0.2) is 0 Å². The van der Waals surface area contributed by atoms with E-state index in [1.165, 1.54) is 0 Å². The number of aliphatic carboxylic acids is 1. The van der Waals surface area contributed by atoms with Crippen LogP contribution in [0.3, 0.4) is 0 Å². The summed E-state index contributed by atoms with van der Waals surface area (Å²) in [6.07, 6.45) is 1.90. The summed E-state index contributed by atoms with van der Waals surface area (Å²) in [6, 6.07) is 0. The SMILES string of the molecule is CCCC(C)COC(=O)CCC(=O)O. The van der Waals surface area contributed by atoms with Crippen molar-refractivity contribution in [1.29, 1.82) is 0 Å². The van der Waals surface area contributed by atoms with E-state index in [4.69, 9.17) is 9.84 Å². The van der Waals surface area contributed by atoms with Crippen LogP contribution in [0, 0.1) is 5.92 Å². The lowest BCUT2D eigenvalue weighted by molar-refractivity contribution is -0.148. The lowest BCUT2D eigenvalue weighted by Gasteiger charge is -2.10. The summed E-state index contributed by atoms with van der Waals surface area (Å²) in [5, 5.41) is 8.32. The van der Waals surface area contributed by atoms with Crippen LogP contribution in [-0.4, -0.2) is 23.7 Å². The van der Waals surface area contributed by atoms with Crippen LogP contribution in [0.5, 0.6) is 0 Å². The van der Waals surface area contributed by atoms with Crippen molar-refractivity contribution in [3.8, 4) is 0 Å². The van der Waals surface area contributed by atoms with Gasteiger partial charge in [0.1, 0.15) is 0 Å². The maximum absolute atomic E-state index is 11.0. The molecule has 0 saturated heterocycles. The van der Waals surface area contributed by atoms with E-state index in [2.05, 4.69) is 6.92 Å². The van der Waals surface area contributed by atoms with Crippen LogP contribution in [0.15, 0.2) is 0 Å². The van der Waals surface area contributed by atoms with E-state index in [1.807, 2.05) is 6.92 Å². The molecular weight excluding hydrogens is 184 g/mol. The summed E-state index contributed by atoms with van der Waals surface area (Å²) in [4.78, 5) is 21.1. The minimum Gasteiger partial charge on any atom is -0.481 e. The summed E-state index contributed by atoms with van der Waals surface area (Å²) in [5.74, 6) is -1.03. The normalized spacial score (nSPS) is 12.1. The van der Waals surface area contributed by atoms with Gasteiger partial charge in [-0.3, -0.25) is 9.59 Å². The van der Waals surface area contributed by atoms with Gasteiger partial charge in [0.05, 0.1) is 19.4 Å². The van der Waals surface area contributed by atoms with Crippen molar-refractivity contribution in [2.45, 2.75) is 39.5 Å². The smallest absolute Gasteiger partial charge is 0.306 e. The highest BCUT2D eigenvalue weighted by Crippen LogP contribution is 2.06. The largest absolute Gasteiger partial charge is 0.481 e. The molecule has 1 atom stereocenters. The zero-order chi connectivity index (χ0) is 11.0. The van der Waals surface area contributed by atoms with Gasteiger partial charge in [0, 0.05) is 0 Å². The number of hydrogen-bond donors (Lipinski definition) is 1. The van der Waals surface area contributed by atoms with Gasteiger partial charge >= 0.3 is 11.9 Å². The molecule has 0 aliphatic carbocycles. The molecule has 0 amide bonds. The molecule has 1 N–H and O–H groups in total. The van der Waals surface area contributed by atoms with Gasteiger partial charge in [0.25, 0.3) is 0 Å². The lowest BCUT2D eigenvalue weighted by Crippen LogP contribution is -2.12. The Morgan fingerprint density at radius 1 is 1.36 bits per heavy atom. The Balaban J connectivity index is 3.48. The van der Waals surface area contributed by atoms with Gasteiger partial charge in [-0.1, -0.05) is 20.3 Å². The van der Waals surface area contributed by atoms with Gasteiger partial charge in [-0.25, -0.2) is 0 Å². The third kappa shape index (κ3) is 7.58. The molecule has 0 radical (unpaired) electrons. The average molecular weight is 202 g/mol. The standard InChI is InChI=1S/C10H18O4/c1-3-4-8(2)7-14-10(13)6-5-9(11)12/h8H,3-7H2,1-2H3,(H,11,12). The summed E-state index contributed by atoms with van der Waals surface area (Å²) >= 11 is 0. The van der Waals surface area contributed by atoms with E-state index >= 15 is 0 Å². The first-order valence-electron chi connectivity index (χ1n) is 4.93. The molecule has 0 aromatic rings. The van der Waals surface area contributed by atoms with Crippen molar-refractivity contribution in [3.63, 3.8) is 0 Å². The Kier molecular flexibility index (Phi) is 6.80. The molecule has 0 aromatic carbocycles. The molecule has 0 bridgehead atoms. The molecule has 82 valence electrons. The van der Waals surface area contributed by atoms with Gasteiger partial charge in [-0.2, -0.15) is 0 Å². The minimum absolute atomic E-state index is 0.0336. The predicted molar refractivity (Wildman–Crippen MR) is 51.9 cm³/mol. The van der Waals surface area contributed by atoms with Crippen molar-refractivity contribution < 1.29 is 19.4 Å². The van der Waals surface area contributed by atoms with E-state index in [-0.39, 0.29) is 12.8 Å². The van der Waals surface area contributed by atoms with Crippen LogP contribution in [0.1, 0.15) is 39.5 Å². The van der Waals surface area contributed by atoms with Crippen molar-refractivity contribution in [2.24, 2.45) is 5.92 Å². The third-order valence-corrected chi connectivity index (χ3v) is 1.85. The molecule has 0 spiro atoms. The summed E-state index contributed by atoms with van der Waals surface area (Å²) in [7, 11) is 0. The fourth-order valence-electron chi connectivity index (χ4n) is 1.09. The molecule has 0 saturated carbocycles. The van der Waals surface area contributed by atoms with E-state index in [9.17, 15) is 9.59 Å². The highest BCUT2D eigenvalue weighted by molar-refractivity contribution is 5.76. The molecule has 0 aliphatic rings. The molecule has 0 fully saturated rings. The Morgan fingerprint density at radius 3 is 2.50 bits per heavy atom. The Hall–Kier alpha value is -1.06. The fourth-order valence-corrected chi connectivity index (χ4v) is 1.09. The molecule has 0 aromatic heterocycles. The number of carbonyl (C=O) groups is 2. The van der Waals surface area contributed by atoms with Gasteiger partial charge in [0.2, 0.25) is 0 Å². The molecule has 0 rings (SSSR count). The monoisotopic (exact) mass is 202 g/mol. The number of esters is 1. The van der Waals surface area contributed by atoms with E-state index in [0.717, 1.165) is 12.8 Å². The Labute approximate surface area is 84.3 Å². The van der Waals surface area contributed by atoms with E-state index < -0.39 is 11.9 Å². The second-order valence-corrected chi connectivity index (χ2v) is 3.47. The maximum Gasteiger partial charge on any atom is 0.306 e. The molecule has 4 nitrogen and oxygen atoms in total. The number of rotatable bonds is 7. The van der Waals surface area contributed by atoms with Crippen LogP contribution < -0.4 is 0 Å². The minimum atomic E-state index is -0.969. The molecule has 1 unspecified atom stereocenters. The first kappa shape index (κ1) is 12.9. The van der Waals surface area contributed by atoms with Crippen molar-refractivity contribution in [1.82, 2.24) is 0 Å². The maximum atomic E-state index is 11.0. The average Bonchev–Trinajstić information content (AvgIpc) is 2.12. The van der Waals surface area contributed by atoms with Gasteiger partial charge in [-0.05, 0) is 12.3 Å². The second-order valence-electron chi connectivity index (χ2n) is 3.47. The van der Waals surface area contributed by atoms with Crippen LogP contribution in [0.4, 0.5) is 0 Å². The Morgan fingerprint density at radius 2 is 2.00 bits per heavy atom. The molecule has 0 aliphatic heterocycles. The predicted octanol–water partition coefficient (Wildman–Crippen LogP) is 1.83. The van der Waals surface area contributed by atoms with Crippen LogP contribution in [0.2, 0.25) is 0 Å². The highest BCUT2D eigenvalue weighted by Gasteiger charge is 2.08. The number of hydrogen-bond acceptors (Lipinski definition) is 3. The molecule has 14 heavy (non-hydrogen) atoms. The first-order valence-corrected chi connectivity index (χ1v) is 4.93. The van der Waals surface area contributed by atoms with E-state index in [1.54, 1.807) is 0 Å². The van der Waals surface area contributed by atoms with Crippen molar-refractivity contribution in [2.75, 3.05) is 6.61 Å². The second kappa shape index (κ2) is 7.35. The lowest BCUT2D eigenvalue weighted by atomic mass is 10.1. The van der Waals surface area contributed by atoms with Gasteiger partial charge in [-0.15, -0.1) is 0 Å². The van der Waals surface area contributed by atoms with E-state index in [0.29, 0.717) is 12.5 Å². The zero-order valence-corrected chi connectivity index (χ0v) is 8.78. The zero-order valence-electron chi connectivity index (χ0n) is 8.78. The van der Waals surface area contributed by atoms with Gasteiger partial charge < -0.3 is 9.84 Å². The number of carbonyl (C=O) groups excluding carboxylic acids is 1. The van der Waals surface area contributed by atoms with Crippen LogP contribution >= 0.6 is 0 Å². The fraction of sp³-hybridized carbons (Fsp3) is 0.800. The topological polar surface area (TPSA) is 63.6 Å². The molecular formula is C10H18O4. The van der Waals surface area contributed by atoms with Crippen molar-refractivity contribution >= 4 is 11.9 Å². The van der Waals surface area contributed by atoms with Crippen LogP contribution in [-0.2, 0) is 14.3 Å². The first-order chi connectivity index (χ1) is 6.56. The molecule has 0 heterocycles.